The third kappa shape index (κ3) is 2.43. The Hall–Kier alpha value is -3.27. The lowest BCUT2D eigenvalue weighted by atomic mass is 9.59. The second-order valence-corrected chi connectivity index (χ2v) is 8.50. The fraction of sp³-hybridized carbons (Fsp3) is 0.192. The highest BCUT2D eigenvalue weighted by Crippen LogP contribution is 2.39. The van der Waals surface area contributed by atoms with Crippen LogP contribution in [0.4, 0.5) is 5.69 Å². The topological polar surface area (TPSA) is 21.1 Å². The molecule has 2 aliphatic heterocycles. The van der Waals surface area contributed by atoms with Crippen LogP contribution >= 0.6 is 0 Å². The lowest BCUT2D eigenvalue weighted by Gasteiger charge is -2.38. The second-order valence-electron chi connectivity index (χ2n) is 8.50. The van der Waals surface area contributed by atoms with E-state index in [4.69, 9.17) is 4.98 Å². The Kier molecular flexibility index (Phi) is 3.89. The van der Waals surface area contributed by atoms with Crippen molar-refractivity contribution < 1.29 is 0 Å². The minimum atomic E-state index is 0.0924. The number of fused-ring (bicyclic) bond motifs is 6. The van der Waals surface area contributed by atoms with Crippen LogP contribution in [-0.2, 0) is 12.8 Å². The molecule has 1 aromatic heterocycles. The van der Waals surface area contributed by atoms with Crippen LogP contribution < -0.4 is 10.3 Å². The Bertz CT molecular complexity index is 1270. The molecule has 2 aliphatic rings. The smallest absolute Gasteiger partial charge is 0.394 e. The van der Waals surface area contributed by atoms with Crippen molar-refractivity contribution >= 4 is 18.1 Å². The van der Waals surface area contributed by atoms with Gasteiger partial charge in [-0.15, -0.1) is 0 Å². The van der Waals surface area contributed by atoms with E-state index in [2.05, 4.69) is 96.2 Å². The molecular weight excluding hydrogens is 365 g/mol. The lowest BCUT2D eigenvalue weighted by molar-refractivity contribution is 0.821. The average molecular weight is 389 g/mol. The molecule has 0 aliphatic carbocycles. The molecule has 0 unspecified atom stereocenters. The largest absolute Gasteiger partial charge is 0.417 e. The lowest BCUT2D eigenvalue weighted by Crippen LogP contribution is -2.56. The van der Waals surface area contributed by atoms with Gasteiger partial charge >= 0.3 is 6.98 Å². The van der Waals surface area contributed by atoms with Crippen LogP contribution in [0.5, 0.6) is 0 Å². The first-order valence-corrected chi connectivity index (χ1v) is 10.8. The molecule has 6 rings (SSSR count). The van der Waals surface area contributed by atoms with Gasteiger partial charge in [-0.2, -0.15) is 0 Å². The van der Waals surface area contributed by atoms with Crippen LogP contribution in [0.1, 0.15) is 23.1 Å². The highest BCUT2D eigenvalue weighted by Gasteiger charge is 2.39. The zero-order valence-corrected chi connectivity index (χ0v) is 17.5. The van der Waals surface area contributed by atoms with E-state index in [1.807, 2.05) is 0 Å². The van der Waals surface area contributed by atoms with Gasteiger partial charge in [0.2, 0.25) is 0 Å². The van der Waals surface area contributed by atoms with Crippen LogP contribution in [0.25, 0.3) is 22.6 Å². The van der Waals surface area contributed by atoms with Crippen LogP contribution in [0.2, 0.25) is 0 Å². The molecule has 4 heteroatoms. The van der Waals surface area contributed by atoms with E-state index < -0.39 is 0 Å². The van der Waals surface area contributed by atoms with Crippen molar-refractivity contribution in [2.75, 3.05) is 11.9 Å². The predicted molar refractivity (Wildman–Crippen MR) is 125 cm³/mol. The second kappa shape index (κ2) is 6.63. The molecule has 0 amide bonds. The summed E-state index contributed by atoms with van der Waals surface area (Å²) in [5.41, 5.74) is 10.6. The number of hydrogen-bond donors (Lipinski definition) is 0. The quantitative estimate of drug-likeness (QED) is 0.406. The van der Waals surface area contributed by atoms with Gasteiger partial charge in [0.05, 0.1) is 11.9 Å². The summed E-state index contributed by atoms with van der Waals surface area (Å²) in [5.74, 6) is 1.06. The third-order valence-corrected chi connectivity index (χ3v) is 6.79. The Balaban J connectivity index is 1.74. The normalized spacial score (nSPS) is 14.5. The molecule has 0 saturated carbocycles. The number of aryl methyl sites for hydroxylation is 3. The monoisotopic (exact) mass is 389 g/mol. The molecule has 0 saturated heterocycles. The first kappa shape index (κ1) is 17.6. The van der Waals surface area contributed by atoms with Crippen molar-refractivity contribution in [3.8, 4) is 22.6 Å². The van der Waals surface area contributed by atoms with Crippen molar-refractivity contribution in [1.82, 2.24) is 9.46 Å². The summed E-state index contributed by atoms with van der Waals surface area (Å²) >= 11 is 0. The van der Waals surface area contributed by atoms with Gasteiger partial charge in [0.15, 0.2) is 0 Å². The first-order valence-electron chi connectivity index (χ1n) is 10.8. The maximum absolute atomic E-state index is 4.98. The summed E-state index contributed by atoms with van der Waals surface area (Å²) in [4.78, 5) is 7.41. The number of nitrogens with zero attached hydrogens (tertiary/aromatic N) is 3. The molecule has 3 nitrogen and oxygen atoms in total. The van der Waals surface area contributed by atoms with Crippen LogP contribution in [0.15, 0.2) is 72.9 Å². The molecule has 0 spiro atoms. The van der Waals surface area contributed by atoms with Crippen molar-refractivity contribution in [3.05, 3.63) is 89.6 Å². The zero-order valence-electron chi connectivity index (χ0n) is 17.5. The number of anilines is 1. The fourth-order valence-electron chi connectivity index (χ4n) is 5.39. The van der Waals surface area contributed by atoms with Crippen LogP contribution in [0.3, 0.4) is 0 Å². The maximum atomic E-state index is 4.98. The maximum Gasteiger partial charge on any atom is 0.417 e. The molecule has 3 heterocycles. The highest BCUT2D eigenvalue weighted by atomic mass is 15.2. The van der Waals surface area contributed by atoms with Gasteiger partial charge < -0.3 is 9.29 Å². The fourth-order valence-corrected chi connectivity index (χ4v) is 5.39. The summed E-state index contributed by atoms with van der Waals surface area (Å²) in [6.07, 6.45) is 5.41. The number of hydrogen-bond acceptors (Lipinski definition) is 2. The summed E-state index contributed by atoms with van der Waals surface area (Å²) in [6, 6.07) is 24.3. The zero-order chi connectivity index (χ0) is 20.2. The van der Waals surface area contributed by atoms with E-state index in [9.17, 15) is 0 Å². The van der Waals surface area contributed by atoms with Crippen molar-refractivity contribution in [2.24, 2.45) is 0 Å². The average Bonchev–Trinajstić information content (AvgIpc) is 3.20. The van der Waals surface area contributed by atoms with Crippen molar-refractivity contribution in [3.63, 3.8) is 0 Å². The van der Waals surface area contributed by atoms with Gasteiger partial charge in [-0.3, -0.25) is 0 Å². The summed E-state index contributed by atoms with van der Waals surface area (Å²) < 4.78 is 2.47. The number of aromatic nitrogens is 2. The number of para-hydroxylation sites is 1. The Labute approximate surface area is 178 Å². The first-order chi connectivity index (χ1) is 14.7. The van der Waals surface area contributed by atoms with Gasteiger partial charge in [0, 0.05) is 16.8 Å². The molecule has 0 radical (unpaired) electrons. The minimum absolute atomic E-state index is 0.0924. The van der Waals surface area contributed by atoms with E-state index >= 15 is 0 Å². The standard InChI is InChI=1S/C26H24BN3/c1-18-9-7-12-20-13-8-11-19-10-3-4-14-21(19)24-17-28-26-22-15-5-6-16-23(22)29(2)27(25(18)20)30(24)26/h3-7,9-10,12,14-17H,8,11,13H2,1-2H3. The Morgan fingerprint density at radius 3 is 2.47 bits per heavy atom. The van der Waals surface area contributed by atoms with Gasteiger partial charge in [0.25, 0.3) is 0 Å². The summed E-state index contributed by atoms with van der Waals surface area (Å²) in [7, 11) is 2.23. The predicted octanol–water partition coefficient (Wildman–Crippen LogP) is 4.71. The molecule has 3 aromatic carbocycles. The van der Waals surface area contributed by atoms with E-state index in [0.717, 1.165) is 25.1 Å². The third-order valence-electron chi connectivity index (χ3n) is 6.79. The Morgan fingerprint density at radius 1 is 0.833 bits per heavy atom. The van der Waals surface area contributed by atoms with Crippen molar-refractivity contribution in [1.29, 1.82) is 0 Å². The van der Waals surface area contributed by atoms with Gasteiger partial charge in [-0.1, -0.05) is 60.2 Å². The van der Waals surface area contributed by atoms with Gasteiger partial charge in [-0.05, 0) is 62.0 Å². The molecular formula is C26H24BN3. The number of imidazole rings is 1. The number of benzene rings is 3. The van der Waals surface area contributed by atoms with E-state index in [1.165, 1.54) is 44.7 Å². The molecule has 0 N–H and O–H groups in total. The van der Waals surface area contributed by atoms with E-state index in [1.54, 1.807) is 0 Å². The molecule has 146 valence electrons. The molecule has 0 fully saturated rings. The SMILES string of the molecule is Cc1cccc2c1B1N(C)c3ccccc3-c3ncc(n31)-c1ccccc1CCC2. The molecule has 0 bridgehead atoms. The number of rotatable bonds is 0. The minimum Gasteiger partial charge on any atom is -0.394 e. The molecule has 0 atom stereocenters. The molecule has 4 aromatic rings. The van der Waals surface area contributed by atoms with Gasteiger partial charge in [-0.25, -0.2) is 4.98 Å². The van der Waals surface area contributed by atoms with Crippen LogP contribution in [0, 0.1) is 6.92 Å². The highest BCUT2D eigenvalue weighted by molar-refractivity contribution is 6.77. The summed E-state index contributed by atoms with van der Waals surface area (Å²) in [5, 5.41) is 0. The summed E-state index contributed by atoms with van der Waals surface area (Å²) in [6.45, 7) is 2.35. The molecule has 30 heavy (non-hydrogen) atoms. The van der Waals surface area contributed by atoms with Crippen LogP contribution in [-0.4, -0.2) is 23.5 Å². The Morgan fingerprint density at radius 2 is 1.57 bits per heavy atom. The van der Waals surface area contributed by atoms with E-state index in [0.29, 0.717) is 0 Å². The van der Waals surface area contributed by atoms with Crippen molar-refractivity contribution in [2.45, 2.75) is 26.2 Å². The van der Waals surface area contributed by atoms with E-state index in [-0.39, 0.29) is 6.98 Å². The van der Waals surface area contributed by atoms with Gasteiger partial charge in [0.1, 0.15) is 5.82 Å².